The first-order valence-electron chi connectivity index (χ1n) is 14.9. The SMILES string of the molecule is O=[N+]([O-])c1cccc2c1-c1nc-2nc2[n-]c(nc3nc(nc4[n-]c(n1)c1cccc([N+](=O)[O-])c41)-c1cccc([N+](=O)[O-])c1-3)c1cccc([N+](=O)[O-])c21.[Cu+2]. The molecule has 4 aromatic carbocycles. The average molecular weight is 756 g/mol. The van der Waals surface area contributed by atoms with Gasteiger partial charge in [-0.15, -0.1) is 0 Å². The predicted molar refractivity (Wildman–Crippen MR) is 181 cm³/mol. The first-order valence-corrected chi connectivity index (χ1v) is 14.9. The average Bonchev–Trinajstić information content (AvgIpc) is 3.86. The summed E-state index contributed by atoms with van der Waals surface area (Å²) < 4.78 is 0. The number of hydrogen-bond donors (Lipinski definition) is 0. The quantitative estimate of drug-likeness (QED) is 0.117. The van der Waals surface area contributed by atoms with E-state index in [0.717, 1.165) is 0 Å². The van der Waals surface area contributed by atoms with Gasteiger partial charge in [-0.05, 0) is 0 Å². The van der Waals surface area contributed by atoms with Gasteiger partial charge in [0.25, 0.3) is 22.7 Å². The molecule has 0 spiro atoms. The molecule has 0 unspecified atom stereocenters. The Morgan fingerprint density at radius 3 is 1.13 bits per heavy atom. The normalized spacial score (nSPS) is 11.5. The molecule has 2 aliphatic heterocycles. The van der Waals surface area contributed by atoms with Gasteiger partial charge in [0.05, 0.1) is 64.9 Å². The van der Waals surface area contributed by atoms with Gasteiger partial charge in [-0.1, -0.05) is 48.5 Å². The zero-order chi connectivity index (χ0) is 36.0. The van der Waals surface area contributed by atoms with E-state index in [1.807, 2.05) is 0 Å². The summed E-state index contributed by atoms with van der Waals surface area (Å²) in [4.78, 5) is 82.5. The molecule has 0 aliphatic carbocycles. The van der Waals surface area contributed by atoms with E-state index < -0.39 is 42.4 Å². The minimum absolute atomic E-state index is 0. The summed E-state index contributed by atoms with van der Waals surface area (Å²) in [5.74, 6) is -0.739. The molecule has 7 aromatic rings. The van der Waals surface area contributed by atoms with Gasteiger partial charge in [-0.2, -0.15) is 0 Å². The number of nitrogens with zero attached hydrogens (tertiary/aromatic N) is 12. The summed E-state index contributed by atoms with van der Waals surface area (Å²) in [5, 5.41) is 49.1. The van der Waals surface area contributed by atoms with Crippen molar-refractivity contribution in [2.24, 2.45) is 0 Å². The van der Waals surface area contributed by atoms with Crippen LogP contribution < -0.4 is 9.97 Å². The van der Waals surface area contributed by atoms with E-state index in [2.05, 4.69) is 39.9 Å². The molecule has 0 N–H and O–H groups in total. The molecule has 20 nitrogen and oxygen atoms in total. The minimum Gasteiger partial charge on any atom is -0.357 e. The maximum absolute atomic E-state index is 12.2. The molecule has 259 valence electrons. The minimum atomic E-state index is -0.641. The summed E-state index contributed by atoms with van der Waals surface area (Å²) >= 11 is 0. The number of hydrogen-bond acceptors (Lipinski definition) is 14. The molecular formula is C32H12CuN12O8. The molecule has 21 heteroatoms. The van der Waals surface area contributed by atoms with Gasteiger partial charge >= 0.3 is 17.1 Å². The van der Waals surface area contributed by atoms with Crippen LogP contribution in [0.5, 0.6) is 0 Å². The van der Waals surface area contributed by atoms with Crippen LogP contribution in [0.2, 0.25) is 0 Å². The fourth-order valence-corrected chi connectivity index (χ4v) is 6.39. The summed E-state index contributed by atoms with van der Waals surface area (Å²) in [5.41, 5.74) is -2.12. The van der Waals surface area contributed by atoms with E-state index in [4.69, 9.17) is 0 Å². The third-order valence-electron chi connectivity index (χ3n) is 8.51. The van der Waals surface area contributed by atoms with Crippen LogP contribution in [0.3, 0.4) is 0 Å². The number of nitro groups is 4. The molecular weight excluding hydrogens is 744 g/mol. The monoisotopic (exact) mass is 755 g/mol. The number of fused-ring (bicyclic) bond motifs is 20. The van der Waals surface area contributed by atoms with Crippen molar-refractivity contribution in [1.82, 2.24) is 39.9 Å². The Bertz CT molecular complexity index is 2820. The second-order valence-corrected chi connectivity index (χ2v) is 11.3. The van der Waals surface area contributed by atoms with E-state index in [1.165, 1.54) is 72.8 Å². The topological polar surface area (TPSA) is 278 Å². The largest absolute Gasteiger partial charge is 2.00 e. The van der Waals surface area contributed by atoms with E-state index in [0.29, 0.717) is 0 Å². The maximum Gasteiger partial charge on any atom is 2.00 e. The second kappa shape index (κ2) is 11.7. The molecule has 9 rings (SSSR count). The molecule has 1 radical (unpaired) electrons. The van der Waals surface area contributed by atoms with Crippen LogP contribution in [-0.2, 0) is 17.1 Å². The van der Waals surface area contributed by atoms with Gasteiger partial charge in [0.1, 0.15) is 0 Å². The smallest absolute Gasteiger partial charge is 0.357 e. The first kappa shape index (κ1) is 32.6. The number of non-ortho nitro benzene ring substituents is 2. The van der Waals surface area contributed by atoms with Crippen molar-refractivity contribution in [3.05, 3.63) is 113 Å². The second-order valence-electron chi connectivity index (χ2n) is 11.3. The van der Waals surface area contributed by atoms with Gasteiger partial charge in [0.15, 0.2) is 0 Å². The summed E-state index contributed by atoms with van der Waals surface area (Å²) in [6.07, 6.45) is 0. The summed E-state index contributed by atoms with van der Waals surface area (Å²) in [7, 11) is 0. The fourth-order valence-electron chi connectivity index (χ4n) is 6.39. The molecule has 53 heavy (non-hydrogen) atoms. The third-order valence-corrected chi connectivity index (χ3v) is 8.51. The standard InChI is InChI=1S/C32H12N12O8.Cu/c45-41(46)17-9-1-5-13-21(17)29-33-25(13)37-30-22-14(6-2-10-18(22)42(47)48)27(34-30)39-32-24-16(8-4-12-20(24)44(51)52)28(36-32)40-31-23-15(26(35-31)38-29)7-3-11-19(23)43(49)50;/h1-12H;/q-2;+2. The summed E-state index contributed by atoms with van der Waals surface area (Å²) in [6, 6.07) is 16.5. The van der Waals surface area contributed by atoms with Crippen LogP contribution in [0.4, 0.5) is 22.7 Å². The van der Waals surface area contributed by atoms with Crippen LogP contribution in [0.25, 0.3) is 89.7 Å². The third kappa shape index (κ3) is 4.83. The van der Waals surface area contributed by atoms with Crippen molar-refractivity contribution in [3.63, 3.8) is 0 Å². The van der Waals surface area contributed by atoms with Crippen LogP contribution >= 0.6 is 0 Å². The molecule has 0 fully saturated rings. The molecule has 8 bridgehead atoms. The molecule has 0 saturated carbocycles. The van der Waals surface area contributed by atoms with Gasteiger partial charge in [-0.25, -0.2) is 9.97 Å². The Balaban J connectivity index is 0.00000400. The zero-order valence-electron chi connectivity index (χ0n) is 25.9. The van der Waals surface area contributed by atoms with Crippen LogP contribution in [0.1, 0.15) is 0 Å². The molecule has 5 heterocycles. The number of aromatic nitrogens is 8. The maximum atomic E-state index is 12.2. The molecule has 0 saturated heterocycles. The van der Waals surface area contributed by atoms with E-state index in [1.54, 1.807) is 0 Å². The number of benzene rings is 4. The van der Waals surface area contributed by atoms with Crippen LogP contribution in [-0.4, -0.2) is 49.6 Å². The van der Waals surface area contributed by atoms with E-state index in [9.17, 15) is 40.5 Å². The van der Waals surface area contributed by atoms with Gasteiger partial charge < -0.3 is 29.9 Å². The summed E-state index contributed by atoms with van der Waals surface area (Å²) in [6.45, 7) is 0. The van der Waals surface area contributed by atoms with E-state index >= 15 is 0 Å². The Morgan fingerprint density at radius 1 is 0.415 bits per heavy atom. The van der Waals surface area contributed by atoms with Gasteiger partial charge in [0.2, 0.25) is 0 Å². The molecule has 3 aromatic heterocycles. The van der Waals surface area contributed by atoms with Crippen molar-refractivity contribution in [1.29, 1.82) is 0 Å². The molecule has 2 aliphatic rings. The van der Waals surface area contributed by atoms with Gasteiger partial charge in [0, 0.05) is 68.8 Å². The van der Waals surface area contributed by atoms with Crippen LogP contribution in [0.15, 0.2) is 72.8 Å². The fraction of sp³-hybridized carbons (Fsp3) is 0. The van der Waals surface area contributed by atoms with Crippen molar-refractivity contribution in [2.45, 2.75) is 0 Å². The van der Waals surface area contributed by atoms with Crippen molar-refractivity contribution in [3.8, 4) is 45.6 Å². The first-order chi connectivity index (χ1) is 25.1. The molecule has 0 amide bonds. The van der Waals surface area contributed by atoms with Crippen LogP contribution in [0, 0.1) is 40.5 Å². The Hall–Kier alpha value is -7.64. The Labute approximate surface area is 301 Å². The number of rotatable bonds is 4. The molecule has 0 atom stereocenters. The van der Waals surface area contributed by atoms with Crippen molar-refractivity contribution in [2.75, 3.05) is 0 Å². The van der Waals surface area contributed by atoms with Gasteiger partial charge in [-0.3, -0.25) is 40.5 Å². The predicted octanol–water partition coefficient (Wildman–Crippen LogP) is 5.76. The number of nitro benzene ring substituents is 4. The van der Waals surface area contributed by atoms with Crippen molar-refractivity contribution < 1.29 is 36.8 Å². The van der Waals surface area contributed by atoms with E-state index in [-0.39, 0.29) is 107 Å². The van der Waals surface area contributed by atoms with Crippen molar-refractivity contribution >= 4 is 66.9 Å². The zero-order valence-corrected chi connectivity index (χ0v) is 26.8. The Morgan fingerprint density at radius 2 is 0.755 bits per heavy atom. The Kier molecular flexibility index (Phi) is 7.20.